The first-order valence-corrected chi connectivity index (χ1v) is 4.59. The van der Waals surface area contributed by atoms with Crippen molar-refractivity contribution in [2.45, 2.75) is 6.61 Å². The number of hydrogen-bond donors (Lipinski definition) is 1. The molecule has 0 aliphatic rings. The Hall–Kier alpha value is -2.30. The zero-order valence-corrected chi connectivity index (χ0v) is 8.29. The summed E-state index contributed by atoms with van der Waals surface area (Å²) in [6.45, 7) is 0.248. The number of nitrogens with zero attached hydrogens (tertiary/aromatic N) is 1. The molecule has 2 aromatic rings. The molecule has 0 aliphatic heterocycles. The Balaban J connectivity index is 2.04. The molecule has 0 unspecified atom stereocenters. The Labute approximate surface area is 91.3 Å². The lowest BCUT2D eigenvalue weighted by Gasteiger charge is -2.03. The summed E-state index contributed by atoms with van der Waals surface area (Å²) in [5, 5.41) is 8.75. The number of furan rings is 1. The van der Waals surface area contributed by atoms with Crippen molar-refractivity contribution in [3.63, 3.8) is 0 Å². The minimum absolute atomic E-state index is 0.0944. The van der Waals surface area contributed by atoms with Crippen molar-refractivity contribution in [3.8, 4) is 5.75 Å². The van der Waals surface area contributed by atoms with Gasteiger partial charge in [-0.2, -0.15) is 0 Å². The third-order valence-corrected chi connectivity index (χ3v) is 1.92. The fourth-order valence-electron chi connectivity index (χ4n) is 1.16. The van der Waals surface area contributed by atoms with Gasteiger partial charge in [0.25, 0.3) is 0 Å². The van der Waals surface area contributed by atoms with Gasteiger partial charge in [0, 0.05) is 6.20 Å². The molecule has 0 aromatic carbocycles. The minimum atomic E-state index is -1.03. The molecule has 5 heteroatoms. The molecular formula is C11H9NO4. The molecule has 0 fully saturated rings. The standard InChI is InChI=1S/C11H9NO4/c13-11(14)8-4-10(6-12-5-8)16-7-9-2-1-3-15-9/h1-6H,7H2,(H,13,14). The summed E-state index contributed by atoms with van der Waals surface area (Å²) >= 11 is 0. The lowest BCUT2D eigenvalue weighted by Crippen LogP contribution is -1.99. The second-order valence-electron chi connectivity index (χ2n) is 3.08. The van der Waals surface area contributed by atoms with Crippen LogP contribution in [0.3, 0.4) is 0 Å². The van der Waals surface area contributed by atoms with E-state index in [1.54, 1.807) is 18.4 Å². The van der Waals surface area contributed by atoms with Gasteiger partial charge < -0.3 is 14.3 Å². The van der Waals surface area contributed by atoms with Gasteiger partial charge in [-0.25, -0.2) is 4.79 Å². The largest absolute Gasteiger partial charge is 0.484 e. The van der Waals surface area contributed by atoms with Crippen LogP contribution in [0.1, 0.15) is 16.1 Å². The van der Waals surface area contributed by atoms with Crippen molar-refractivity contribution in [2.24, 2.45) is 0 Å². The van der Waals surface area contributed by atoms with Gasteiger partial charge in [-0.15, -0.1) is 0 Å². The first kappa shape index (κ1) is 10.2. The first-order chi connectivity index (χ1) is 7.75. The molecule has 0 aliphatic carbocycles. The van der Waals surface area contributed by atoms with E-state index in [-0.39, 0.29) is 12.2 Å². The van der Waals surface area contributed by atoms with Crippen LogP contribution in [0.5, 0.6) is 5.75 Å². The molecule has 0 radical (unpaired) electrons. The Morgan fingerprint density at radius 1 is 1.50 bits per heavy atom. The Bertz CT molecular complexity index is 478. The normalized spacial score (nSPS) is 10.0. The number of rotatable bonds is 4. The third-order valence-electron chi connectivity index (χ3n) is 1.92. The van der Waals surface area contributed by atoms with Crippen LogP contribution >= 0.6 is 0 Å². The summed E-state index contributed by atoms with van der Waals surface area (Å²) in [6.07, 6.45) is 4.27. The first-order valence-electron chi connectivity index (χ1n) is 4.59. The van der Waals surface area contributed by atoms with Gasteiger partial charge in [-0.05, 0) is 18.2 Å². The number of ether oxygens (including phenoxy) is 1. The molecule has 82 valence electrons. The highest BCUT2D eigenvalue weighted by Gasteiger charge is 2.05. The van der Waals surface area contributed by atoms with Gasteiger partial charge in [0.05, 0.1) is 18.0 Å². The van der Waals surface area contributed by atoms with E-state index in [4.69, 9.17) is 14.3 Å². The maximum absolute atomic E-state index is 10.7. The second kappa shape index (κ2) is 4.48. The molecule has 2 rings (SSSR count). The number of carboxylic acids is 1. The van der Waals surface area contributed by atoms with Crippen LogP contribution in [0.4, 0.5) is 0 Å². The van der Waals surface area contributed by atoms with Crippen LogP contribution < -0.4 is 4.74 Å². The maximum atomic E-state index is 10.7. The van der Waals surface area contributed by atoms with E-state index >= 15 is 0 Å². The van der Waals surface area contributed by atoms with E-state index in [9.17, 15) is 4.79 Å². The lowest BCUT2D eigenvalue weighted by molar-refractivity contribution is 0.0696. The van der Waals surface area contributed by atoms with Crippen LogP contribution in [-0.2, 0) is 6.61 Å². The van der Waals surface area contributed by atoms with Gasteiger partial charge in [0.15, 0.2) is 0 Å². The topological polar surface area (TPSA) is 72.6 Å². The van der Waals surface area contributed by atoms with Crippen molar-refractivity contribution in [3.05, 3.63) is 48.2 Å². The number of carboxylic acid groups (broad SMARTS) is 1. The van der Waals surface area contributed by atoms with Crippen LogP contribution in [0, 0.1) is 0 Å². The smallest absolute Gasteiger partial charge is 0.337 e. The van der Waals surface area contributed by atoms with Crippen molar-refractivity contribution in [1.29, 1.82) is 0 Å². The lowest BCUT2D eigenvalue weighted by atomic mass is 10.3. The van der Waals surface area contributed by atoms with E-state index in [1.165, 1.54) is 18.5 Å². The molecule has 2 aromatic heterocycles. The molecular weight excluding hydrogens is 210 g/mol. The van der Waals surface area contributed by atoms with E-state index in [0.29, 0.717) is 11.5 Å². The van der Waals surface area contributed by atoms with Crippen LogP contribution in [0.2, 0.25) is 0 Å². The molecule has 0 saturated carbocycles. The zero-order valence-electron chi connectivity index (χ0n) is 8.29. The van der Waals surface area contributed by atoms with Crippen LogP contribution in [0.15, 0.2) is 41.3 Å². The predicted molar refractivity (Wildman–Crippen MR) is 54.2 cm³/mol. The summed E-state index contributed by atoms with van der Waals surface area (Å²) in [4.78, 5) is 14.4. The predicted octanol–water partition coefficient (Wildman–Crippen LogP) is 1.95. The SMILES string of the molecule is O=C(O)c1cncc(OCc2ccco2)c1. The summed E-state index contributed by atoms with van der Waals surface area (Å²) in [6, 6.07) is 4.94. The molecule has 16 heavy (non-hydrogen) atoms. The van der Waals surface area contributed by atoms with Crippen molar-refractivity contribution in [1.82, 2.24) is 4.98 Å². The number of carbonyl (C=O) groups is 1. The summed E-state index contributed by atoms with van der Waals surface area (Å²) < 4.78 is 10.4. The number of aromatic nitrogens is 1. The van der Waals surface area contributed by atoms with E-state index in [2.05, 4.69) is 4.98 Å². The molecule has 0 atom stereocenters. The van der Waals surface area contributed by atoms with Crippen molar-refractivity contribution >= 4 is 5.97 Å². The summed E-state index contributed by atoms with van der Waals surface area (Å²) in [5.41, 5.74) is 0.0944. The fourth-order valence-corrected chi connectivity index (χ4v) is 1.16. The molecule has 0 spiro atoms. The molecule has 2 heterocycles. The van der Waals surface area contributed by atoms with Gasteiger partial charge in [0.2, 0.25) is 0 Å². The Morgan fingerprint density at radius 3 is 3.06 bits per heavy atom. The van der Waals surface area contributed by atoms with Crippen molar-refractivity contribution in [2.75, 3.05) is 0 Å². The monoisotopic (exact) mass is 219 g/mol. The average Bonchev–Trinajstić information content (AvgIpc) is 2.79. The number of aromatic carboxylic acids is 1. The highest BCUT2D eigenvalue weighted by Crippen LogP contribution is 2.13. The minimum Gasteiger partial charge on any atom is -0.484 e. The van der Waals surface area contributed by atoms with E-state index in [1.807, 2.05) is 0 Å². The summed E-state index contributed by atoms with van der Waals surface area (Å²) in [7, 11) is 0. The second-order valence-corrected chi connectivity index (χ2v) is 3.08. The zero-order chi connectivity index (χ0) is 11.4. The fraction of sp³-hybridized carbons (Fsp3) is 0.0909. The average molecular weight is 219 g/mol. The molecule has 5 nitrogen and oxygen atoms in total. The van der Waals surface area contributed by atoms with E-state index < -0.39 is 5.97 Å². The van der Waals surface area contributed by atoms with Crippen molar-refractivity contribution < 1.29 is 19.1 Å². The highest BCUT2D eigenvalue weighted by atomic mass is 16.5. The molecule has 1 N–H and O–H groups in total. The summed E-state index contributed by atoms with van der Waals surface area (Å²) in [5.74, 6) is 0.0352. The van der Waals surface area contributed by atoms with Crippen LogP contribution in [-0.4, -0.2) is 16.1 Å². The molecule has 0 bridgehead atoms. The van der Waals surface area contributed by atoms with Gasteiger partial charge >= 0.3 is 5.97 Å². The quantitative estimate of drug-likeness (QED) is 0.850. The highest BCUT2D eigenvalue weighted by molar-refractivity contribution is 5.87. The molecule has 0 saturated heterocycles. The maximum Gasteiger partial charge on any atom is 0.337 e. The van der Waals surface area contributed by atoms with Crippen LogP contribution in [0.25, 0.3) is 0 Å². The third kappa shape index (κ3) is 2.38. The van der Waals surface area contributed by atoms with Gasteiger partial charge in [-0.3, -0.25) is 4.98 Å². The van der Waals surface area contributed by atoms with Gasteiger partial charge in [-0.1, -0.05) is 0 Å². The Kier molecular flexibility index (Phi) is 2.86. The number of pyridine rings is 1. The Morgan fingerprint density at radius 2 is 2.38 bits per heavy atom. The van der Waals surface area contributed by atoms with E-state index in [0.717, 1.165) is 0 Å². The molecule has 0 amide bonds. The number of hydrogen-bond acceptors (Lipinski definition) is 4. The van der Waals surface area contributed by atoms with Gasteiger partial charge in [0.1, 0.15) is 18.1 Å².